The first kappa shape index (κ1) is 23.2. The number of sulfonamides is 1. The van der Waals surface area contributed by atoms with Crippen molar-refractivity contribution in [3.63, 3.8) is 0 Å². The number of benzene rings is 2. The van der Waals surface area contributed by atoms with Crippen LogP contribution in [-0.2, 0) is 26.2 Å². The number of carbonyl (C=O) groups excluding carboxylic acids is 2. The third-order valence-electron chi connectivity index (χ3n) is 5.26. The van der Waals surface area contributed by atoms with Gasteiger partial charge in [-0.05, 0) is 49.1 Å². The second-order valence-corrected chi connectivity index (χ2v) is 9.76. The first-order valence-electron chi connectivity index (χ1n) is 10.3. The molecule has 1 atom stereocenters. The maximum Gasteiger partial charge on any atom is 0.309 e. The van der Waals surface area contributed by atoms with E-state index in [2.05, 4.69) is 10.6 Å². The van der Waals surface area contributed by atoms with E-state index >= 15 is 0 Å². The number of halogens is 1. The second kappa shape index (κ2) is 10.7. The number of nitrogens with one attached hydrogen (secondary N) is 2. The van der Waals surface area contributed by atoms with Gasteiger partial charge in [-0.1, -0.05) is 48.4 Å². The molecule has 166 valence electrons. The minimum absolute atomic E-state index is 0.212. The minimum Gasteiger partial charge on any atom is -0.348 e. The van der Waals surface area contributed by atoms with Crippen LogP contribution in [0.25, 0.3) is 0 Å². The van der Waals surface area contributed by atoms with Crippen LogP contribution >= 0.6 is 11.6 Å². The Morgan fingerprint density at radius 3 is 2.35 bits per heavy atom. The third-order valence-corrected chi connectivity index (χ3v) is 7.48. The van der Waals surface area contributed by atoms with Crippen LogP contribution in [0, 0.1) is 0 Å². The van der Waals surface area contributed by atoms with Gasteiger partial charge in [0.1, 0.15) is 0 Å². The highest BCUT2D eigenvalue weighted by atomic mass is 35.5. The molecule has 0 radical (unpaired) electrons. The number of hydrogen-bond acceptors (Lipinski definition) is 4. The zero-order chi connectivity index (χ0) is 22.3. The van der Waals surface area contributed by atoms with Gasteiger partial charge in [0, 0.05) is 30.7 Å². The lowest BCUT2D eigenvalue weighted by Crippen LogP contribution is -2.46. The van der Waals surface area contributed by atoms with Crippen LogP contribution < -0.4 is 10.6 Å². The fourth-order valence-corrected chi connectivity index (χ4v) is 5.47. The summed E-state index contributed by atoms with van der Waals surface area (Å²) in [6, 6.07) is 15.1. The Hall–Kier alpha value is -2.42. The number of piperidine rings is 1. The van der Waals surface area contributed by atoms with Crippen molar-refractivity contribution < 1.29 is 18.0 Å². The summed E-state index contributed by atoms with van der Waals surface area (Å²) in [7, 11) is -3.59. The number of nitrogens with zero attached hydrogens (tertiary/aromatic N) is 1. The molecule has 2 aromatic rings. The number of carbonyl (C=O) groups is 2. The van der Waals surface area contributed by atoms with Crippen molar-refractivity contribution in [1.82, 2.24) is 14.9 Å². The van der Waals surface area contributed by atoms with Crippen molar-refractivity contribution in [2.75, 3.05) is 13.1 Å². The van der Waals surface area contributed by atoms with E-state index in [0.29, 0.717) is 18.0 Å². The highest BCUT2D eigenvalue weighted by molar-refractivity contribution is 7.89. The maximum absolute atomic E-state index is 13.0. The molecular formula is C22H26ClN3O4S. The van der Waals surface area contributed by atoms with Crippen LogP contribution in [0.4, 0.5) is 0 Å². The van der Waals surface area contributed by atoms with E-state index in [0.717, 1.165) is 24.8 Å². The monoisotopic (exact) mass is 463 g/mol. The Morgan fingerprint density at radius 1 is 0.968 bits per heavy atom. The lowest BCUT2D eigenvalue weighted by atomic mass is 10.0. The summed E-state index contributed by atoms with van der Waals surface area (Å²) < 4.78 is 27.5. The van der Waals surface area contributed by atoms with Gasteiger partial charge in [-0.25, -0.2) is 8.42 Å². The van der Waals surface area contributed by atoms with Gasteiger partial charge in [-0.15, -0.1) is 0 Å². The summed E-state index contributed by atoms with van der Waals surface area (Å²) in [5.74, 6) is -1.46. The molecule has 0 aliphatic carbocycles. The third kappa shape index (κ3) is 6.29. The molecule has 0 saturated carbocycles. The van der Waals surface area contributed by atoms with Gasteiger partial charge in [-0.3, -0.25) is 9.59 Å². The Kier molecular flexibility index (Phi) is 8.06. The largest absolute Gasteiger partial charge is 0.348 e. The molecule has 0 aromatic heterocycles. The molecule has 1 unspecified atom stereocenters. The molecule has 3 rings (SSSR count). The lowest BCUT2D eigenvalue weighted by molar-refractivity contribution is -0.139. The summed E-state index contributed by atoms with van der Waals surface area (Å²) in [5, 5.41) is 5.75. The van der Waals surface area contributed by atoms with Crippen molar-refractivity contribution >= 4 is 33.4 Å². The molecule has 1 aliphatic heterocycles. The first-order valence-corrected chi connectivity index (χ1v) is 12.1. The topological polar surface area (TPSA) is 95.6 Å². The van der Waals surface area contributed by atoms with E-state index in [1.165, 1.54) is 4.31 Å². The predicted octanol–water partition coefficient (Wildman–Crippen LogP) is 2.71. The first-order chi connectivity index (χ1) is 14.9. The van der Waals surface area contributed by atoms with Crippen molar-refractivity contribution in [3.8, 4) is 0 Å². The summed E-state index contributed by atoms with van der Waals surface area (Å²) in [5.41, 5.74) is 0.828. The van der Waals surface area contributed by atoms with Gasteiger partial charge in [0.25, 0.3) is 0 Å². The standard InChI is InChI=1S/C22H26ClN3O4S/c23-18-11-9-17(10-12-18)16-25-22(28)21(27)24-14-13-19-6-4-5-15-26(19)31(29,30)20-7-2-1-3-8-20/h1-3,7-12,19H,4-6,13-16H2,(H,24,27)(H,25,28). The minimum atomic E-state index is -3.59. The number of rotatable bonds is 7. The van der Waals surface area contributed by atoms with E-state index in [1.807, 2.05) is 0 Å². The Labute approximate surface area is 187 Å². The fraction of sp³-hybridized carbons (Fsp3) is 0.364. The van der Waals surface area contributed by atoms with Gasteiger partial charge in [0.05, 0.1) is 4.90 Å². The Bertz CT molecular complexity index is 997. The molecule has 1 fully saturated rings. The summed E-state index contributed by atoms with van der Waals surface area (Å²) in [4.78, 5) is 24.4. The fourth-order valence-electron chi connectivity index (χ4n) is 3.60. The van der Waals surface area contributed by atoms with Crippen LogP contribution in [-0.4, -0.2) is 43.7 Å². The SMILES string of the molecule is O=C(NCCC1CCCCN1S(=O)(=O)c1ccccc1)C(=O)NCc1ccc(Cl)cc1. The van der Waals surface area contributed by atoms with Crippen LogP contribution in [0.15, 0.2) is 59.5 Å². The van der Waals surface area contributed by atoms with Crippen LogP contribution in [0.5, 0.6) is 0 Å². The van der Waals surface area contributed by atoms with Crippen molar-refractivity contribution in [3.05, 3.63) is 65.2 Å². The van der Waals surface area contributed by atoms with Crippen LogP contribution in [0.1, 0.15) is 31.2 Å². The van der Waals surface area contributed by atoms with Gasteiger partial charge in [-0.2, -0.15) is 4.31 Å². The Balaban J connectivity index is 1.50. The van der Waals surface area contributed by atoms with E-state index in [4.69, 9.17) is 11.6 Å². The molecule has 2 amide bonds. The zero-order valence-corrected chi connectivity index (χ0v) is 18.7. The van der Waals surface area contributed by atoms with E-state index in [9.17, 15) is 18.0 Å². The molecule has 9 heteroatoms. The van der Waals surface area contributed by atoms with Crippen molar-refractivity contribution in [1.29, 1.82) is 0 Å². The molecule has 0 spiro atoms. The number of hydrogen-bond donors (Lipinski definition) is 2. The van der Waals surface area contributed by atoms with Crippen LogP contribution in [0.2, 0.25) is 5.02 Å². The summed E-state index contributed by atoms with van der Waals surface area (Å²) in [6.07, 6.45) is 2.91. The lowest BCUT2D eigenvalue weighted by Gasteiger charge is -2.34. The second-order valence-electron chi connectivity index (χ2n) is 7.43. The van der Waals surface area contributed by atoms with Gasteiger partial charge >= 0.3 is 11.8 Å². The smallest absolute Gasteiger partial charge is 0.309 e. The van der Waals surface area contributed by atoms with E-state index < -0.39 is 21.8 Å². The van der Waals surface area contributed by atoms with Gasteiger partial charge in [0.15, 0.2) is 0 Å². The molecule has 7 nitrogen and oxygen atoms in total. The average Bonchev–Trinajstić information content (AvgIpc) is 2.79. The number of amides is 2. The molecule has 1 aliphatic rings. The zero-order valence-electron chi connectivity index (χ0n) is 17.1. The normalized spacial score (nSPS) is 17.1. The molecule has 31 heavy (non-hydrogen) atoms. The molecule has 0 bridgehead atoms. The maximum atomic E-state index is 13.0. The highest BCUT2D eigenvalue weighted by Gasteiger charge is 2.33. The van der Waals surface area contributed by atoms with Crippen LogP contribution in [0.3, 0.4) is 0 Å². The predicted molar refractivity (Wildman–Crippen MR) is 119 cm³/mol. The van der Waals surface area contributed by atoms with E-state index in [-0.39, 0.29) is 24.0 Å². The molecular weight excluding hydrogens is 438 g/mol. The van der Waals surface area contributed by atoms with Gasteiger partial charge in [0.2, 0.25) is 10.0 Å². The summed E-state index contributed by atoms with van der Waals surface area (Å²) >= 11 is 5.83. The molecule has 2 aromatic carbocycles. The quantitative estimate of drug-likeness (QED) is 0.617. The van der Waals surface area contributed by atoms with Crippen molar-refractivity contribution in [2.24, 2.45) is 0 Å². The molecule has 1 heterocycles. The van der Waals surface area contributed by atoms with Crippen molar-refractivity contribution in [2.45, 2.75) is 43.2 Å². The molecule has 2 N–H and O–H groups in total. The Morgan fingerprint density at radius 2 is 1.65 bits per heavy atom. The molecule has 1 saturated heterocycles. The summed E-state index contributed by atoms with van der Waals surface area (Å²) in [6.45, 7) is 0.894. The van der Waals surface area contributed by atoms with Gasteiger partial charge < -0.3 is 10.6 Å². The van der Waals surface area contributed by atoms with E-state index in [1.54, 1.807) is 54.6 Å². The average molecular weight is 464 g/mol. The highest BCUT2D eigenvalue weighted by Crippen LogP contribution is 2.26.